The molecule has 0 amide bonds. The zero-order valence-electron chi connectivity index (χ0n) is 20.1. The zero-order chi connectivity index (χ0) is 25.0. The van der Waals surface area contributed by atoms with Crippen LogP contribution in [0.1, 0.15) is 75.2 Å². The monoisotopic (exact) mass is 488 g/mol. The quantitative estimate of drug-likeness (QED) is 0.492. The summed E-state index contributed by atoms with van der Waals surface area (Å²) in [6.07, 6.45) is 1.87. The average Bonchev–Trinajstić information content (AvgIpc) is 3.55. The molecule has 3 unspecified atom stereocenters. The molecule has 3 heterocycles. The van der Waals surface area contributed by atoms with E-state index in [0.29, 0.717) is 18.8 Å². The fourth-order valence-corrected chi connectivity index (χ4v) is 5.19. The Labute approximate surface area is 202 Å². The van der Waals surface area contributed by atoms with Crippen LogP contribution in [0.4, 0.5) is 13.2 Å². The highest BCUT2D eigenvalue weighted by Crippen LogP contribution is 2.41. The minimum Gasteiger partial charge on any atom is -0.492 e. The normalized spacial score (nSPS) is 25.4. The van der Waals surface area contributed by atoms with E-state index in [-0.39, 0.29) is 41.5 Å². The number of hydrogen-bond acceptors (Lipinski definition) is 5. The van der Waals surface area contributed by atoms with Gasteiger partial charge in [0.25, 0.3) is 0 Å². The van der Waals surface area contributed by atoms with Crippen molar-refractivity contribution in [2.75, 3.05) is 6.61 Å². The van der Waals surface area contributed by atoms with Gasteiger partial charge in [0, 0.05) is 47.6 Å². The van der Waals surface area contributed by atoms with Gasteiger partial charge in [0.2, 0.25) is 0 Å². The molecule has 0 bridgehead atoms. The number of benzene rings is 1. The molecule has 5 rings (SSSR count). The van der Waals surface area contributed by atoms with E-state index in [4.69, 9.17) is 4.74 Å². The van der Waals surface area contributed by atoms with Gasteiger partial charge in [-0.1, -0.05) is 6.07 Å². The number of aromatic nitrogens is 3. The molecule has 1 saturated carbocycles. The number of piperidine rings is 1. The fourth-order valence-electron chi connectivity index (χ4n) is 5.19. The summed E-state index contributed by atoms with van der Waals surface area (Å²) in [6.45, 7) is 5.74. The number of nitrogens with zero attached hydrogens (tertiary/aromatic N) is 3. The lowest BCUT2D eigenvalue weighted by molar-refractivity contribution is -0.136. The summed E-state index contributed by atoms with van der Waals surface area (Å²) >= 11 is 0. The van der Waals surface area contributed by atoms with Crippen LogP contribution in [0.25, 0.3) is 11.0 Å². The van der Waals surface area contributed by atoms with Gasteiger partial charge in [-0.2, -0.15) is 13.2 Å². The maximum absolute atomic E-state index is 13.9. The number of nitrogens with one attached hydrogen (secondary N) is 1. The van der Waals surface area contributed by atoms with Gasteiger partial charge >= 0.3 is 6.18 Å². The number of ether oxygens (including phenoxy) is 1. The zero-order valence-corrected chi connectivity index (χ0v) is 20.1. The first kappa shape index (κ1) is 24.1. The number of imidazole rings is 1. The molecule has 2 aliphatic rings. The highest BCUT2D eigenvalue weighted by molar-refractivity contribution is 5.81. The summed E-state index contributed by atoms with van der Waals surface area (Å²) in [5.74, 6) is 0.649. The Morgan fingerprint density at radius 3 is 2.60 bits per heavy atom. The lowest BCUT2D eigenvalue weighted by Crippen LogP contribution is -2.53. The molecular formula is C26H31F3N4O2. The first-order valence-electron chi connectivity index (χ1n) is 12.2. The van der Waals surface area contributed by atoms with Gasteiger partial charge in [0.05, 0.1) is 28.5 Å². The lowest BCUT2D eigenvalue weighted by Gasteiger charge is -2.41. The number of hydrogen-bond donors (Lipinski definition) is 2. The molecule has 188 valence electrons. The van der Waals surface area contributed by atoms with Crippen molar-refractivity contribution >= 4 is 11.0 Å². The topological polar surface area (TPSA) is 72.2 Å². The molecule has 1 aromatic carbocycles. The second kappa shape index (κ2) is 8.78. The summed E-state index contributed by atoms with van der Waals surface area (Å²) < 4.78 is 49.0. The van der Waals surface area contributed by atoms with Crippen LogP contribution < -0.4 is 10.1 Å². The molecule has 3 atom stereocenters. The van der Waals surface area contributed by atoms with Crippen molar-refractivity contribution in [2.45, 2.75) is 82.3 Å². The molecule has 2 fully saturated rings. The van der Waals surface area contributed by atoms with Crippen LogP contribution in [0.5, 0.6) is 5.75 Å². The number of fused-ring (bicyclic) bond motifs is 1. The molecule has 2 aromatic heterocycles. The maximum atomic E-state index is 13.9. The molecule has 1 aliphatic heterocycles. The summed E-state index contributed by atoms with van der Waals surface area (Å²) in [5, 5.41) is 14.9. The Kier molecular flexibility index (Phi) is 6.04. The van der Waals surface area contributed by atoms with Crippen molar-refractivity contribution in [1.82, 2.24) is 19.9 Å². The minimum atomic E-state index is -4.54. The number of pyridine rings is 1. The second-order valence-corrected chi connectivity index (χ2v) is 10.3. The van der Waals surface area contributed by atoms with Crippen LogP contribution in [-0.2, 0) is 11.8 Å². The number of halogens is 3. The Morgan fingerprint density at radius 1 is 1.20 bits per heavy atom. The van der Waals surface area contributed by atoms with E-state index in [1.54, 1.807) is 12.3 Å². The van der Waals surface area contributed by atoms with Crippen LogP contribution in [-0.4, -0.2) is 38.3 Å². The third kappa shape index (κ3) is 4.89. The molecule has 9 heteroatoms. The highest BCUT2D eigenvalue weighted by atomic mass is 19.4. The van der Waals surface area contributed by atoms with Crippen molar-refractivity contribution in [3.63, 3.8) is 0 Å². The molecule has 6 nitrogen and oxygen atoms in total. The smallest absolute Gasteiger partial charge is 0.418 e. The van der Waals surface area contributed by atoms with Crippen LogP contribution in [0, 0.1) is 0 Å². The first-order valence-corrected chi connectivity index (χ1v) is 12.2. The molecule has 0 radical (unpaired) electrons. The van der Waals surface area contributed by atoms with Gasteiger partial charge in [-0.25, -0.2) is 4.98 Å². The van der Waals surface area contributed by atoms with Gasteiger partial charge in [-0.3, -0.25) is 4.98 Å². The third-order valence-corrected chi connectivity index (χ3v) is 7.02. The summed E-state index contributed by atoms with van der Waals surface area (Å²) in [5.41, 5.74) is 0.285. The Bertz CT molecular complexity index is 1200. The largest absolute Gasteiger partial charge is 0.492 e. The summed E-state index contributed by atoms with van der Waals surface area (Å²) in [6, 6.07) is 6.12. The molecule has 0 spiro atoms. The molecule has 2 N–H and O–H groups in total. The van der Waals surface area contributed by atoms with Crippen LogP contribution >= 0.6 is 0 Å². The highest BCUT2D eigenvalue weighted by Gasteiger charge is 2.40. The number of rotatable bonds is 6. The van der Waals surface area contributed by atoms with Gasteiger partial charge in [-0.05, 0) is 58.6 Å². The van der Waals surface area contributed by atoms with Gasteiger partial charge < -0.3 is 19.7 Å². The van der Waals surface area contributed by atoms with E-state index >= 15 is 0 Å². The molecule has 1 aliphatic carbocycles. The molecule has 35 heavy (non-hydrogen) atoms. The van der Waals surface area contributed by atoms with Gasteiger partial charge in [0.15, 0.2) is 0 Å². The fraction of sp³-hybridized carbons (Fsp3) is 0.538. The van der Waals surface area contributed by atoms with E-state index in [1.807, 2.05) is 32.9 Å². The Balaban J connectivity index is 1.35. The van der Waals surface area contributed by atoms with Gasteiger partial charge in [-0.15, -0.1) is 0 Å². The standard InChI is InChI=1S/C26H31F3N4O2/c1-15(2)33-14-31-23-9-20(8-21(24(23)33)26(27,28)29)35-13-19-11-25(34,10-16(3)32-19)18-6-7-22(30-12-18)17-4-5-17/h6-9,12,14-17,19,32,34H,4-5,10-11,13H2,1-3H3. The van der Waals surface area contributed by atoms with E-state index in [0.717, 1.165) is 30.2 Å². The van der Waals surface area contributed by atoms with Crippen molar-refractivity contribution < 1.29 is 23.0 Å². The Hall–Kier alpha value is -2.65. The predicted octanol–water partition coefficient (Wildman–Crippen LogP) is 5.32. The SMILES string of the molecule is CC1CC(O)(c2ccc(C3CC3)nc2)CC(COc2cc(C(F)(F)F)c3c(c2)ncn3C(C)C)N1. The number of aliphatic hydroxyl groups is 1. The second-order valence-electron chi connectivity index (χ2n) is 10.3. The Morgan fingerprint density at radius 2 is 1.97 bits per heavy atom. The van der Waals surface area contributed by atoms with Gasteiger partial charge in [0.1, 0.15) is 12.4 Å². The minimum absolute atomic E-state index is 0.000385. The van der Waals surface area contributed by atoms with Crippen molar-refractivity contribution in [2.24, 2.45) is 0 Å². The van der Waals surface area contributed by atoms with E-state index < -0.39 is 17.3 Å². The van der Waals surface area contributed by atoms with Crippen molar-refractivity contribution in [3.8, 4) is 5.75 Å². The van der Waals surface area contributed by atoms with Crippen LogP contribution in [0.3, 0.4) is 0 Å². The third-order valence-electron chi connectivity index (χ3n) is 7.02. The van der Waals surface area contributed by atoms with E-state index in [2.05, 4.69) is 15.3 Å². The maximum Gasteiger partial charge on any atom is 0.418 e. The summed E-state index contributed by atoms with van der Waals surface area (Å²) in [7, 11) is 0. The summed E-state index contributed by atoms with van der Waals surface area (Å²) in [4.78, 5) is 8.74. The van der Waals surface area contributed by atoms with Crippen molar-refractivity contribution in [1.29, 1.82) is 0 Å². The molecule has 1 saturated heterocycles. The van der Waals surface area contributed by atoms with Crippen LogP contribution in [0.15, 0.2) is 36.8 Å². The molecule has 3 aromatic rings. The van der Waals surface area contributed by atoms with E-state index in [9.17, 15) is 18.3 Å². The van der Waals surface area contributed by atoms with E-state index in [1.165, 1.54) is 10.9 Å². The first-order chi connectivity index (χ1) is 16.5. The average molecular weight is 489 g/mol. The predicted molar refractivity (Wildman–Crippen MR) is 126 cm³/mol. The number of alkyl halides is 3. The lowest BCUT2D eigenvalue weighted by atomic mass is 9.79. The van der Waals surface area contributed by atoms with Crippen molar-refractivity contribution in [3.05, 3.63) is 53.6 Å². The molecular weight excluding hydrogens is 457 g/mol. The van der Waals surface area contributed by atoms with Crippen LogP contribution in [0.2, 0.25) is 0 Å².